The van der Waals surface area contributed by atoms with E-state index in [9.17, 15) is 15.0 Å². The highest BCUT2D eigenvalue weighted by Crippen LogP contribution is 2.29. The number of aromatic nitrogens is 2. The van der Waals surface area contributed by atoms with Crippen molar-refractivity contribution in [2.24, 2.45) is 0 Å². The highest BCUT2D eigenvalue weighted by Gasteiger charge is 2.06. The molecular weight excluding hydrogens is 278 g/mol. The summed E-state index contributed by atoms with van der Waals surface area (Å²) in [5.74, 6) is -0.544. The molecule has 100 valence electrons. The van der Waals surface area contributed by atoms with Crippen LogP contribution >= 0.6 is 12.2 Å². The van der Waals surface area contributed by atoms with Crippen LogP contribution < -0.4 is 5.56 Å². The monoisotopic (exact) mass is 287 g/mol. The number of para-hydroxylation sites is 1. The van der Waals surface area contributed by atoms with Crippen LogP contribution in [-0.2, 0) is 0 Å². The minimum atomic E-state index is -0.587. The Kier molecular flexibility index (Phi) is 3.68. The van der Waals surface area contributed by atoms with E-state index in [1.54, 1.807) is 18.2 Å². The molecular formula is C13H9N3O3S. The molecule has 0 aliphatic carbocycles. The van der Waals surface area contributed by atoms with Gasteiger partial charge in [0.15, 0.2) is 16.3 Å². The van der Waals surface area contributed by atoms with E-state index in [2.05, 4.69) is 9.97 Å². The predicted octanol–water partition coefficient (Wildman–Crippen LogP) is 1.89. The molecule has 2 aromatic rings. The fraction of sp³-hybridized carbons (Fsp3) is 0. The molecule has 0 saturated heterocycles. The van der Waals surface area contributed by atoms with Crippen LogP contribution in [0.25, 0.3) is 12.2 Å². The molecule has 6 nitrogen and oxygen atoms in total. The van der Waals surface area contributed by atoms with Crippen molar-refractivity contribution in [2.75, 3.05) is 0 Å². The fourth-order valence-electron chi connectivity index (χ4n) is 1.60. The molecule has 0 aliphatic heterocycles. The summed E-state index contributed by atoms with van der Waals surface area (Å²) in [6, 6.07) is 6.23. The number of aromatic amines is 2. The van der Waals surface area contributed by atoms with Gasteiger partial charge in [0.2, 0.25) is 0 Å². The number of hydrogen-bond donors (Lipinski definition) is 4. The van der Waals surface area contributed by atoms with Gasteiger partial charge < -0.3 is 15.2 Å². The van der Waals surface area contributed by atoms with E-state index >= 15 is 0 Å². The molecule has 20 heavy (non-hydrogen) atoms. The number of nitrogens with zero attached hydrogens (tertiary/aromatic N) is 1. The molecule has 0 fully saturated rings. The summed E-state index contributed by atoms with van der Waals surface area (Å²) in [6.45, 7) is 0. The SMILES string of the molecule is N#Cc1c(/C=C/c2cccc(O)c2O)[nH]c(=S)[nH]c1=O. The molecule has 0 unspecified atom stereocenters. The van der Waals surface area contributed by atoms with Gasteiger partial charge in [-0.1, -0.05) is 12.1 Å². The molecule has 0 aliphatic rings. The van der Waals surface area contributed by atoms with E-state index in [4.69, 9.17) is 17.5 Å². The minimum absolute atomic E-state index is 0.0915. The minimum Gasteiger partial charge on any atom is -0.504 e. The van der Waals surface area contributed by atoms with Crippen LogP contribution in [0.2, 0.25) is 0 Å². The summed E-state index contributed by atoms with van der Waals surface area (Å²) in [5, 5.41) is 28.0. The largest absolute Gasteiger partial charge is 0.504 e. The maximum Gasteiger partial charge on any atom is 0.270 e. The quantitative estimate of drug-likeness (QED) is 0.497. The van der Waals surface area contributed by atoms with Crippen molar-refractivity contribution in [3.63, 3.8) is 0 Å². The van der Waals surface area contributed by atoms with E-state index in [-0.39, 0.29) is 27.5 Å². The molecule has 0 radical (unpaired) electrons. The third-order valence-corrected chi connectivity index (χ3v) is 2.76. The summed E-state index contributed by atoms with van der Waals surface area (Å²) >= 11 is 4.83. The van der Waals surface area contributed by atoms with Crippen LogP contribution in [0.15, 0.2) is 23.0 Å². The molecule has 0 amide bonds. The second-order valence-electron chi connectivity index (χ2n) is 3.86. The van der Waals surface area contributed by atoms with Gasteiger partial charge in [-0.25, -0.2) is 0 Å². The number of nitrogens with one attached hydrogen (secondary N) is 2. The van der Waals surface area contributed by atoms with Gasteiger partial charge in [0.25, 0.3) is 5.56 Å². The van der Waals surface area contributed by atoms with Crippen molar-refractivity contribution in [1.82, 2.24) is 9.97 Å². The molecule has 4 N–H and O–H groups in total. The van der Waals surface area contributed by atoms with Crippen LogP contribution in [0.1, 0.15) is 16.8 Å². The summed E-state index contributed by atoms with van der Waals surface area (Å²) in [4.78, 5) is 16.5. The van der Waals surface area contributed by atoms with Crippen LogP contribution in [0.4, 0.5) is 0 Å². The van der Waals surface area contributed by atoms with Crippen LogP contribution in [0.5, 0.6) is 11.5 Å². The van der Waals surface area contributed by atoms with E-state index in [0.717, 1.165) is 0 Å². The van der Waals surface area contributed by atoms with E-state index in [1.165, 1.54) is 18.2 Å². The molecule has 2 rings (SSSR count). The van der Waals surface area contributed by atoms with Crippen LogP contribution in [0, 0.1) is 16.1 Å². The number of aromatic hydroxyl groups is 2. The first-order valence-corrected chi connectivity index (χ1v) is 5.89. The molecule has 1 aromatic heterocycles. The zero-order chi connectivity index (χ0) is 14.7. The Morgan fingerprint density at radius 1 is 1.25 bits per heavy atom. The average Bonchev–Trinajstić information content (AvgIpc) is 2.40. The fourth-order valence-corrected chi connectivity index (χ4v) is 1.80. The van der Waals surface area contributed by atoms with Crippen LogP contribution in [0.3, 0.4) is 0 Å². The second kappa shape index (κ2) is 5.42. The Morgan fingerprint density at radius 2 is 2.00 bits per heavy atom. The number of phenols is 2. The first-order chi connectivity index (χ1) is 9.52. The predicted molar refractivity (Wildman–Crippen MR) is 75.7 cm³/mol. The first-order valence-electron chi connectivity index (χ1n) is 5.48. The number of H-pyrrole nitrogens is 2. The second-order valence-corrected chi connectivity index (χ2v) is 4.27. The molecule has 0 saturated carbocycles. The van der Waals surface area contributed by atoms with E-state index < -0.39 is 5.56 Å². The summed E-state index contributed by atoms with van der Waals surface area (Å²) in [7, 11) is 0. The number of nitriles is 1. The maximum absolute atomic E-state index is 11.5. The van der Waals surface area contributed by atoms with Gasteiger partial charge in [-0.05, 0) is 30.4 Å². The Balaban J connectivity index is 2.53. The topological polar surface area (TPSA) is 113 Å². The maximum atomic E-state index is 11.5. The zero-order valence-corrected chi connectivity index (χ0v) is 10.9. The lowest BCUT2D eigenvalue weighted by Crippen LogP contribution is -2.13. The summed E-state index contributed by atoms with van der Waals surface area (Å²) in [6.07, 6.45) is 2.88. The Morgan fingerprint density at radius 3 is 2.70 bits per heavy atom. The van der Waals surface area contributed by atoms with Gasteiger partial charge in [-0.2, -0.15) is 5.26 Å². The first kappa shape index (κ1) is 13.6. The Labute approximate surface area is 118 Å². The Bertz CT molecular complexity index is 843. The van der Waals surface area contributed by atoms with Crippen molar-refractivity contribution in [2.45, 2.75) is 0 Å². The lowest BCUT2D eigenvalue weighted by molar-refractivity contribution is 0.403. The molecule has 0 bridgehead atoms. The van der Waals surface area contributed by atoms with Crippen molar-refractivity contribution in [1.29, 1.82) is 5.26 Å². The standard InChI is InChI=1S/C13H9N3O3S/c14-6-8-9(15-13(20)16-12(8)19)5-4-7-2-1-3-10(17)11(7)18/h1-5,17-18H,(H2,15,16,19,20)/b5-4+. The van der Waals surface area contributed by atoms with Crippen molar-refractivity contribution in [3.8, 4) is 17.6 Å². The number of phenolic OH excluding ortho intramolecular Hbond substituents is 2. The number of benzene rings is 1. The Hall–Kier alpha value is -2.85. The third-order valence-electron chi connectivity index (χ3n) is 2.56. The average molecular weight is 287 g/mol. The van der Waals surface area contributed by atoms with Gasteiger partial charge in [-0.3, -0.25) is 9.78 Å². The molecule has 7 heteroatoms. The van der Waals surface area contributed by atoms with Crippen LogP contribution in [-0.4, -0.2) is 20.2 Å². The van der Waals surface area contributed by atoms with Gasteiger partial charge >= 0.3 is 0 Å². The van der Waals surface area contributed by atoms with Crippen molar-refractivity contribution >= 4 is 24.4 Å². The van der Waals surface area contributed by atoms with Gasteiger partial charge in [-0.15, -0.1) is 0 Å². The molecule has 0 atom stereocenters. The van der Waals surface area contributed by atoms with Crippen molar-refractivity contribution < 1.29 is 10.2 Å². The normalized spacial score (nSPS) is 10.6. The zero-order valence-electron chi connectivity index (χ0n) is 10.0. The van der Waals surface area contributed by atoms with E-state index in [0.29, 0.717) is 5.56 Å². The third kappa shape index (κ3) is 2.60. The smallest absolute Gasteiger partial charge is 0.270 e. The highest BCUT2D eigenvalue weighted by molar-refractivity contribution is 7.71. The molecule has 0 spiro atoms. The van der Waals surface area contributed by atoms with Gasteiger partial charge in [0.1, 0.15) is 11.6 Å². The van der Waals surface area contributed by atoms with Gasteiger partial charge in [0.05, 0.1) is 5.69 Å². The van der Waals surface area contributed by atoms with Crippen molar-refractivity contribution in [3.05, 3.63) is 50.1 Å². The summed E-state index contributed by atoms with van der Waals surface area (Å²) in [5.41, 5.74) is -0.136. The lowest BCUT2D eigenvalue weighted by Gasteiger charge is -2.01. The van der Waals surface area contributed by atoms with E-state index in [1.807, 2.05) is 0 Å². The number of rotatable bonds is 2. The highest BCUT2D eigenvalue weighted by atomic mass is 32.1. The van der Waals surface area contributed by atoms with Gasteiger partial charge in [0, 0.05) is 5.56 Å². The summed E-state index contributed by atoms with van der Waals surface area (Å²) < 4.78 is 0.0915. The molecule has 1 aromatic carbocycles. The molecule has 1 heterocycles. The number of hydrogen-bond acceptors (Lipinski definition) is 5. The lowest BCUT2D eigenvalue weighted by atomic mass is 10.1.